The normalized spacial score (nSPS) is 12.1. The molecule has 0 amide bonds. The van der Waals surface area contributed by atoms with Crippen molar-refractivity contribution in [2.24, 2.45) is 5.73 Å². The monoisotopic (exact) mass is 380 g/mol. The van der Waals surface area contributed by atoms with Crippen molar-refractivity contribution in [2.75, 3.05) is 0 Å². The third-order valence-electron chi connectivity index (χ3n) is 3.78. The van der Waals surface area contributed by atoms with Gasteiger partial charge in [0.25, 0.3) is 0 Å². The second-order valence-corrected chi connectivity index (χ2v) is 6.00. The van der Waals surface area contributed by atoms with E-state index in [1.807, 2.05) is 30.3 Å². The summed E-state index contributed by atoms with van der Waals surface area (Å²) in [5.41, 5.74) is 7.33. The van der Waals surface area contributed by atoms with E-state index in [9.17, 15) is 4.79 Å². The molecule has 1 aromatic carbocycles. The van der Waals surface area contributed by atoms with Gasteiger partial charge in [0.05, 0.1) is 6.04 Å². The van der Waals surface area contributed by atoms with E-state index in [1.54, 1.807) is 6.92 Å². The molecular formula is C19H16N4O5. The lowest BCUT2D eigenvalue weighted by Crippen LogP contribution is -2.05. The molecule has 0 saturated heterocycles. The SMILES string of the molecule is CC(N)c1nc(-c2nc(-c3nc(C(=O)OCc4ccccc4)co3)co2)co1. The van der Waals surface area contributed by atoms with Gasteiger partial charge in [-0.25, -0.2) is 19.7 Å². The summed E-state index contributed by atoms with van der Waals surface area (Å²) in [6.07, 6.45) is 3.96. The zero-order chi connectivity index (χ0) is 19.5. The van der Waals surface area contributed by atoms with Crippen LogP contribution < -0.4 is 5.73 Å². The van der Waals surface area contributed by atoms with Crippen LogP contribution in [-0.2, 0) is 11.3 Å². The fraction of sp³-hybridized carbons (Fsp3) is 0.158. The second-order valence-electron chi connectivity index (χ2n) is 6.00. The average Bonchev–Trinajstić information content (AvgIpc) is 3.46. The Morgan fingerprint density at radius 1 is 1.00 bits per heavy atom. The molecule has 3 heterocycles. The largest absolute Gasteiger partial charge is 0.456 e. The van der Waals surface area contributed by atoms with Crippen LogP contribution in [0.4, 0.5) is 0 Å². The highest BCUT2D eigenvalue weighted by molar-refractivity contribution is 5.87. The summed E-state index contributed by atoms with van der Waals surface area (Å²) in [6, 6.07) is 8.99. The van der Waals surface area contributed by atoms with Crippen molar-refractivity contribution in [2.45, 2.75) is 19.6 Å². The van der Waals surface area contributed by atoms with E-state index in [0.29, 0.717) is 17.3 Å². The maximum atomic E-state index is 12.1. The standard InChI is InChI=1S/C19H16N4O5/c1-11(20)16-21-13(8-25-16)17-22-14(9-26-17)18-23-15(10-27-18)19(24)28-7-12-5-3-2-4-6-12/h2-6,8-11H,7,20H2,1H3. The molecule has 0 fully saturated rings. The van der Waals surface area contributed by atoms with Gasteiger partial charge in [0.2, 0.25) is 17.7 Å². The van der Waals surface area contributed by atoms with Crippen molar-refractivity contribution < 1.29 is 22.8 Å². The summed E-state index contributed by atoms with van der Waals surface area (Å²) in [7, 11) is 0. The fourth-order valence-electron chi connectivity index (χ4n) is 2.37. The van der Waals surface area contributed by atoms with Gasteiger partial charge in [-0.15, -0.1) is 0 Å². The van der Waals surface area contributed by atoms with Crippen LogP contribution in [0, 0.1) is 0 Å². The van der Waals surface area contributed by atoms with Crippen molar-refractivity contribution in [3.8, 4) is 23.2 Å². The molecule has 4 aromatic rings. The smallest absolute Gasteiger partial charge is 0.360 e. The van der Waals surface area contributed by atoms with Crippen LogP contribution in [0.3, 0.4) is 0 Å². The quantitative estimate of drug-likeness (QED) is 0.500. The fourth-order valence-corrected chi connectivity index (χ4v) is 2.37. The number of nitrogens with zero attached hydrogens (tertiary/aromatic N) is 3. The van der Waals surface area contributed by atoms with E-state index < -0.39 is 5.97 Å². The van der Waals surface area contributed by atoms with E-state index >= 15 is 0 Å². The number of carbonyl (C=O) groups excluding carboxylic acids is 1. The van der Waals surface area contributed by atoms with Crippen LogP contribution in [-0.4, -0.2) is 20.9 Å². The Morgan fingerprint density at radius 3 is 2.43 bits per heavy atom. The summed E-state index contributed by atoms with van der Waals surface area (Å²) in [5.74, 6) is 0.115. The molecule has 0 saturated carbocycles. The summed E-state index contributed by atoms with van der Waals surface area (Å²) in [6.45, 7) is 1.89. The first-order chi connectivity index (χ1) is 13.6. The molecule has 9 nitrogen and oxygen atoms in total. The predicted molar refractivity (Wildman–Crippen MR) is 95.7 cm³/mol. The van der Waals surface area contributed by atoms with E-state index in [4.69, 9.17) is 23.7 Å². The highest BCUT2D eigenvalue weighted by Crippen LogP contribution is 2.25. The molecule has 1 unspecified atom stereocenters. The summed E-state index contributed by atoms with van der Waals surface area (Å²) in [4.78, 5) is 24.7. The Kier molecular flexibility index (Phi) is 4.73. The molecule has 4 rings (SSSR count). The molecule has 3 aromatic heterocycles. The molecule has 2 N–H and O–H groups in total. The van der Waals surface area contributed by atoms with Gasteiger partial charge >= 0.3 is 5.97 Å². The molecule has 0 spiro atoms. The average molecular weight is 380 g/mol. The van der Waals surface area contributed by atoms with Crippen molar-refractivity contribution in [1.82, 2.24) is 15.0 Å². The van der Waals surface area contributed by atoms with E-state index in [-0.39, 0.29) is 30.1 Å². The topological polar surface area (TPSA) is 130 Å². The van der Waals surface area contributed by atoms with Gasteiger partial charge in [0.15, 0.2) is 17.1 Å². The Hall–Kier alpha value is -3.72. The molecule has 28 heavy (non-hydrogen) atoms. The maximum Gasteiger partial charge on any atom is 0.360 e. The Bertz CT molecular complexity index is 1080. The number of carbonyl (C=O) groups is 1. The molecular weight excluding hydrogens is 364 g/mol. The number of oxazole rings is 3. The number of ether oxygens (including phenoxy) is 1. The minimum Gasteiger partial charge on any atom is -0.456 e. The minimum absolute atomic E-state index is 0.0381. The lowest BCUT2D eigenvalue weighted by molar-refractivity contribution is 0.0465. The summed E-state index contributed by atoms with van der Waals surface area (Å²) in [5, 5.41) is 0. The van der Waals surface area contributed by atoms with Crippen molar-refractivity contribution in [1.29, 1.82) is 0 Å². The zero-order valence-corrected chi connectivity index (χ0v) is 14.9. The zero-order valence-electron chi connectivity index (χ0n) is 14.9. The lowest BCUT2D eigenvalue weighted by Gasteiger charge is -2.01. The minimum atomic E-state index is -0.597. The van der Waals surface area contributed by atoms with Gasteiger partial charge in [-0.05, 0) is 12.5 Å². The molecule has 0 aliphatic heterocycles. The first kappa shape index (κ1) is 17.7. The van der Waals surface area contributed by atoms with E-state index in [0.717, 1.165) is 5.56 Å². The van der Waals surface area contributed by atoms with Gasteiger partial charge in [-0.2, -0.15) is 0 Å². The molecule has 1 atom stereocenters. The number of esters is 1. The molecule has 0 bridgehead atoms. The number of hydrogen-bond acceptors (Lipinski definition) is 9. The van der Waals surface area contributed by atoms with Gasteiger partial charge in [-0.1, -0.05) is 30.3 Å². The van der Waals surface area contributed by atoms with Crippen molar-refractivity contribution >= 4 is 5.97 Å². The first-order valence-corrected chi connectivity index (χ1v) is 8.44. The third-order valence-corrected chi connectivity index (χ3v) is 3.78. The van der Waals surface area contributed by atoms with E-state index in [1.165, 1.54) is 18.8 Å². The van der Waals surface area contributed by atoms with Gasteiger partial charge in [-0.3, -0.25) is 0 Å². The summed E-state index contributed by atoms with van der Waals surface area (Å²) < 4.78 is 21.2. The molecule has 0 radical (unpaired) electrons. The number of aromatic nitrogens is 3. The summed E-state index contributed by atoms with van der Waals surface area (Å²) >= 11 is 0. The second kappa shape index (κ2) is 7.49. The van der Waals surface area contributed by atoms with Crippen LogP contribution in [0.2, 0.25) is 0 Å². The number of benzene rings is 1. The van der Waals surface area contributed by atoms with Crippen LogP contribution in [0.25, 0.3) is 23.2 Å². The lowest BCUT2D eigenvalue weighted by atomic mass is 10.2. The Labute approximate surface area is 159 Å². The number of nitrogens with two attached hydrogens (primary N) is 1. The molecule has 0 aliphatic carbocycles. The predicted octanol–water partition coefficient (Wildman–Crippen LogP) is 3.36. The van der Waals surface area contributed by atoms with Crippen LogP contribution in [0.5, 0.6) is 0 Å². The maximum absolute atomic E-state index is 12.1. The highest BCUT2D eigenvalue weighted by atomic mass is 16.5. The number of hydrogen-bond donors (Lipinski definition) is 1. The van der Waals surface area contributed by atoms with Crippen molar-refractivity contribution in [3.05, 3.63) is 66.3 Å². The Balaban J connectivity index is 1.45. The molecule has 142 valence electrons. The Morgan fingerprint density at radius 2 is 1.68 bits per heavy atom. The van der Waals surface area contributed by atoms with Crippen LogP contribution in [0.1, 0.15) is 34.9 Å². The van der Waals surface area contributed by atoms with E-state index in [2.05, 4.69) is 15.0 Å². The molecule has 9 heteroatoms. The van der Waals surface area contributed by atoms with Crippen LogP contribution in [0.15, 0.2) is 62.4 Å². The van der Waals surface area contributed by atoms with Gasteiger partial charge < -0.3 is 23.7 Å². The van der Waals surface area contributed by atoms with Gasteiger partial charge in [0.1, 0.15) is 25.4 Å². The molecule has 0 aliphatic rings. The number of rotatable bonds is 6. The first-order valence-electron chi connectivity index (χ1n) is 8.44. The third kappa shape index (κ3) is 3.69. The highest BCUT2D eigenvalue weighted by Gasteiger charge is 2.19. The van der Waals surface area contributed by atoms with Gasteiger partial charge in [0, 0.05) is 0 Å². The van der Waals surface area contributed by atoms with Crippen LogP contribution >= 0.6 is 0 Å². The van der Waals surface area contributed by atoms with Crippen molar-refractivity contribution in [3.63, 3.8) is 0 Å².